The van der Waals surface area contributed by atoms with Gasteiger partial charge in [-0.05, 0) is 24.3 Å². The number of thiophene rings is 1. The van der Waals surface area contributed by atoms with E-state index in [0.29, 0.717) is 16.6 Å². The van der Waals surface area contributed by atoms with Gasteiger partial charge in [-0.3, -0.25) is 0 Å². The molecule has 1 aromatic carbocycles. The predicted octanol–water partition coefficient (Wildman–Crippen LogP) is 3.43. The first-order chi connectivity index (χ1) is 8.97. The molecule has 4 N–H and O–H groups in total. The molecule has 1 heterocycles. The van der Waals surface area contributed by atoms with Crippen molar-refractivity contribution in [1.29, 1.82) is 0 Å². The third-order valence-electron chi connectivity index (χ3n) is 2.45. The fraction of sp³-hybridized carbons (Fsp3) is 0.0833. The smallest absolute Gasteiger partial charge is 0.338 e. The molecule has 7 heteroatoms. The number of aromatic carboxylic acids is 1. The van der Waals surface area contributed by atoms with Crippen LogP contribution in [-0.2, 0) is 6.54 Å². The molecule has 0 aliphatic rings. The highest BCUT2D eigenvalue weighted by Gasteiger charge is 2.13. The third-order valence-corrected chi connectivity index (χ3v) is 3.68. The van der Waals surface area contributed by atoms with E-state index in [0.717, 1.165) is 17.0 Å². The van der Waals surface area contributed by atoms with Crippen molar-refractivity contribution in [3.05, 3.63) is 44.9 Å². The molecule has 1 aromatic heterocycles. The molecule has 100 valence electrons. The quantitative estimate of drug-likeness (QED) is 0.756. The minimum absolute atomic E-state index is 0.182. The molecule has 19 heavy (non-hydrogen) atoms. The third kappa shape index (κ3) is 3.15. The topological polar surface area (TPSA) is 75.4 Å². The maximum atomic E-state index is 13.5. The van der Waals surface area contributed by atoms with E-state index in [2.05, 4.69) is 5.32 Å². The number of anilines is 2. The highest BCUT2D eigenvalue weighted by atomic mass is 35.5. The molecule has 0 unspecified atom stereocenters. The van der Waals surface area contributed by atoms with Crippen LogP contribution in [0.4, 0.5) is 15.8 Å². The number of carbonyl (C=O) groups is 1. The number of halogens is 2. The van der Waals surface area contributed by atoms with Crippen LogP contribution >= 0.6 is 22.9 Å². The Hall–Kier alpha value is -1.79. The van der Waals surface area contributed by atoms with Gasteiger partial charge in [-0.2, -0.15) is 0 Å². The Kier molecular flexibility index (Phi) is 3.92. The van der Waals surface area contributed by atoms with E-state index in [1.165, 1.54) is 11.3 Å². The van der Waals surface area contributed by atoms with Crippen LogP contribution in [-0.4, -0.2) is 11.1 Å². The standard InChI is InChI=1S/C12H10ClFN2O2S/c13-11-2-1-6(19-11)5-16-10-4-8(14)7(12(17)18)3-9(10)15/h1-4,16H,5,15H2,(H,17,18). The lowest BCUT2D eigenvalue weighted by atomic mass is 10.1. The van der Waals surface area contributed by atoms with Crippen molar-refractivity contribution in [2.45, 2.75) is 6.54 Å². The van der Waals surface area contributed by atoms with Crippen molar-refractivity contribution in [3.63, 3.8) is 0 Å². The van der Waals surface area contributed by atoms with Gasteiger partial charge < -0.3 is 16.2 Å². The van der Waals surface area contributed by atoms with Crippen LogP contribution in [0, 0.1) is 5.82 Å². The second-order valence-corrected chi connectivity index (χ2v) is 5.58. The van der Waals surface area contributed by atoms with Crippen LogP contribution in [0.1, 0.15) is 15.2 Å². The van der Waals surface area contributed by atoms with Crippen LogP contribution in [0.5, 0.6) is 0 Å². The monoisotopic (exact) mass is 300 g/mol. The average Bonchev–Trinajstić information content (AvgIpc) is 2.75. The highest BCUT2D eigenvalue weighted by Crippen LogP contribution is 2.26. The predicted molar refractivity (Wildman–Crippen MR) is 74.4 cm³/mol. The van der Waals surface area contributed by atoms with E-state index in [4.69, 9.17) is 22.4 Å². The number of nitrogens with two attached hydrogens (primary N) is 1. The number of nitrogens with one attached hydrogen (secondary N) is 1. The molecular weight excluding hydrogens is 291 g/mol. The summed E-state index contributed by atoms with van der Waals surface area (Å²) in [6.07, 6.45) is 0. The molecular formula is C12H10ClFN2O2S. The molecule has 4 nitrogen and oxygen atoms in total. The second kappa shape index (κ2) is 5.46. The molecule has 0 bridgehead atoms. The van der Waals surface area contributed by atoms with Gasteiger partial charge in [-0.15, -0.1) is 11.3 Å². The zero-order chi connectivity index (χ0) is 14.0. The minimum atomic E-state index is -1.35. The van der Waals surface area contributed by atoms with Crippen molar-refractivity contribution < 1.29 is 14.3 Å². The highest BCUT2D eigenvalue weighted by molar-refractivity contribution is 7.16. The molecule has 2 aromatic rings. The maximum absolute atomic E-state index is 13.5. The van der Waals surface area contributed by atoms with Gasteiger partial charge >= 0.3 is 5.97 Å². The van der Waals surface area contributed by atoms with Gasteiger partial charge in [-0.1, -0.05) is 11.6 Å². The van der Waals surface area contributed by atoms with Crippen LogP contribution in [0.3, 0.4) is 0 Å². The van der Waals surface area contributed by atoms with E-state index < -0.39 is 17.3 Å². The van der Waals surface area contributed by atoms with Crippen molar-refractivity contribution in [2.24, 2.45) is 0 Å². The summed E-state index contributed by atoms with van der Waals surface area (Å²) < 4.78 is 14.2. The Bertz CT molecular complexity index is 630. The van der Waals surface area contributed by atoms with E-state index in [9.17, 15) is 9.18 Å². The lowest BCUT2D eigenvalue weighted by Crippen LogP contribution is -2.06. The molecule has 0 saturated carbocycles. The Morgan fingerprint density at radius 3 is 2.79 bits per heavy atom. The summed E-state index contributed by atoms with van der Waals surface area (Å²) in [5.41, 5.74) is 5.78. The van der Waals surface area contributed by atoms with Crippen LogP contribution in [0.25, 0.3) is 0 Å². The Labute approximate surface area is 117 Å². The van der Waals surface area contributed by atoms with Crippen molar-refractivity contribution in [1.82, 2.24) is 0 Å². The zero-order valence-electron chi connectivity index (χ0n) is 9.61. The van der Waals surface area contributed by atoms with E-state index in [-0.39, 0.29) is 5.69 Å². The number of rotatable bonds is 4. The van der Waals surface area contributed by atoms with Gasteiger partial charge in [0.25, 0.3) is 0 Å². The molecule has 0 amide bonds. The number of hydrogen-bond acceptors (Lipinski definition) is 4. The Morgan fingerprint density at radius 1 is 1.47 bits per heavy atom. The van der Waals surface area contributed by atoms with E-state index in [1.54, 1.807) is 6.07 Å². The summed E-state index contributed by atoms with van der Waals surface area (Å²) in [5.74, 6) is -2.17. The summed E-state index contributed by atoms with van der Waals surface area (Å²) in [6, 6.07) is 5.79. The molecule has 0 aliphatic carbocycles. The summed E-state index contributed by atoms with van der Waals surface area (Å²) in [4.78, 5) is 11.7. The van der Waals surface area contributed by atoms with Crippen molar-refractivity contribution in [3.8, 4) is 0 Å². The van der Waals surface area contributed by atoms with Gasteiger partial charge in [0.1, 0.15) is 5.82 Å². The minimum Gasteiger partial charge on any atom is -0.478 e. The van der Waals surface area contributed by atoms with E-state index in [1.807, 2.05) is 6.07 Å². The fourth-order valence-corrected chi connectivity index (χ4v) is 2.56. The zero-order valence-corrected chi connectivity index (χ0v) is 11.2. The first kappa shape index (κ1) is 13.6. The van der Waals surface area contributed by atoms with Crippen LogP contribution in [0.15, 0.2) is 24.3 Å². The molecule has 0 fully saturated rings. The lowest BCUT2D eigenvalue weighted by molar-refractivity contribution is 0.0692. The van der Waals surface area contributed by atoms with Crippen LogP contribution < -0.4 is 11.1 Å². The molecule has 0 radical (unpaired) electrons. The van der Waals surface area contributed by atoms with Gasteiger partial charge in [0, 0.05) is 11.4 Å². The fourth-order valence-electron chi connectivity index (χ4n) is 1.54. The average molecular weight is 301 g/mol. The Balaban J connectivity index is 2.17. The van der Waals surface area contributed by atoms with Crippen molar-refractivity contribution in [2.75, 3.05) is 11.1 Å². The van der Waals surface area contributed by atoms with Crippen LogP contribution in [0.2, 0.25) is 4.34 Å². The first-order valence-electron chi connectivity index (χ1n) is 5.28. The summed E-state index contributed by atoms with van der Waals surface area (Å²) in [7, 11) is 0. The summed E-state index contributed by atoms with van der Waals surface area (Å²) in [5, 5.41) is 11.7. The van der Waals surface area contributed by atoms with E-state index >= 15 is 0 Å². The summed E-state index contributed by atoms with van der Waals surface area (Å²) >= 11 is 7.19. The number of hydrogen-bond donors (Lipinski definition) is 3. The molecule has 0 saturated heterocycles. The second-order valence-electron chi connectivity index (χ2n) is 3.78. The van der Waals surface area contributed by atoms with Gasteiger partial charge in [-0.25, -0.2) is 9.18 Å². The normalized spacial score (nSPS) is 10.4. The summed E-state index contributed by atoms with van der Waals surface area (Å²) in [6.45, 7) is 0.438. The molecule has 0 atom stereocenters. The lowest BCUT2D eigenvalue weighted by Gasteiger charge is -2.09. The molecule has 2 rings (SSSR count). The molecule has 0 spiro atoms. The Morgan fingerprint density at radius 2 is 2.21 bits per heavy atom. The van der Waals surface area contributed by atoms with Crippen molar-refractivity contribution >= 4 is 40.3 Å². The molecule has 0 aliphatic heterocycles. The largest absolute Gasteiger partial charge is 0.478 e. The maximum Gasteiger partial charge on any atom is 0.338 e. The van der Waals surface area contributed by atoms with Gasteiger partial charge in [0.05, 0.1) is 21.3 Å². The van der Waals surface area contributed by atoms with Gasteiger partial charge in [0.2, 0.25) is 0 Å². The number of carboxylic acid groups (broad SMARTS) is 1. The SMILES string of the molecule is Nc1cc(C(=O)O)c(F)cc1NCc1ccc(Cl)s1. The number of benzene rings is 1. The first-order valence-corrected chi connectivity index (χ1v) is 6.47. The van der Waals surface area contributed by atoms with Gasteiger partial charge in [0.15, 0.2) is 0 Å². The number of nitrogen functional groups attached to an aromatic ring is 1. The number of carboxylic acids is 1.